The van der Waals surface area contributed by atoms with Crippen molar-refractivity contribution in [1.29, 1.82) is 0 Å². The minimum absolute atomic E-state index is 0.942. The van der Waals surface area contributed by atoms with Crippen LogP contribution in [0.2, 0.25) is 0 Å². The molecule has 1 N–H and O–H groups in total. The third kappa shape index (κ3) is 1.55. The van der Waals surface area contributed by atoms with Gasteiger partial charge in [-0.1, -0.05) is 19.9 Å². The fourth-order valence-corrected chi connectivity index (χ4v) is 0.806. The summed E-state index contributed by atoms with van der Waals surface area (Å²) >= 11 is 0. The smallest absolute Gasteiger partial charge is 0.189 e. The number of aromatic amines is 1. The molecule has 0 unspecified atom stereocenters. The van der Waals surface area contributed by atoms with Gasteiger partial charge in [0.1, 0.15) is 6.20 Å². The highest BCUT2D eigenvalue weighted by atomic mass is 15.3. The van der Waals surface area contributed by atoms with E-state index in [9.17, 15) is 0 Å². The van der Waals surface area contributed by atoms with E-state index in [0.29, 0.717) is 0 Å². The van der Waals surface area contributed by atoms with Crippen LogP contribution in [0.1, 0.15) is 13.8 Å². The summed E-state index contributed by atoms with van der Waals surface area (Å²) in [4.78, 5) is 4.03. The van der Waals surface area contributed by atoms with Crippen molar-refractivity contribution < 1.29 is 4.52 Å². The van der Waals surface area contributed by atoms with Crippen LogP contribution in [-0.2, 0) is 0 Å². The van der Waals surface area contributed by atoms with E-state index in [-0.39, 0.29) is 0 Å². The van der Waals surface area contributed by atoms with Crippen molar-refractivity contribution in [2.24, 2.45) is 0 Å². The molecule has 0 spiro atoms. The van der Waals surface area contributed by atoms with Gasteiger partial charge in [0.2, 0.25) is 6.33 Å². The molecular weight excluding hydrogens is 138 g/mol. The van der Waals surface area contributed by atoms with Crippen molar-refractivity contribution in [3.05, 3.63) is 30.7 Å². The second-order valence-electron chi connectivity index (χ2n) is 1.82. The van der Waals surface area contributed by atoms with E-state index < -0.39 is 0 Å². The lowest BCUT2D eigenvalue weighted by atomic mass is 10.5. The first-order valence-electron chi connectivity index (χ1n) is 3.76. The Labute approximate surface area is 65.7 Å². The van der Waals surface area contributed by atoms with Gasteiger partial charge in [0.05, 0.1) is 0 Å². The summed E-state index contributed by atoms with van der Waals surface area (Å²) in [6.45, 7) is 4.00. The third-order valence-corrected chi connectivity index (χ3v) is 1.23. The number of pyridine rings is 1. The maximum absolute atomic E-state index is 4.03. The van der Waals surface area contributed by atoms with E-state index in [2.05, 4.69) is 10.1 Å². The number of H-pyrrole nitrogens is 1. The summed E-state index contributed by atoms with van der Waals surface area (Å²) in [5, 5.41) is 2.93. The molecular formula is C8H12N3+. The van der Waals surface area contributed by atoms with Crippen LogP contribution < -0.4 is 4.52 Å². The molecule has 0 aliphatic carbocycles. The zero-order valence-corrected chi connectivity index (χ0v) is 6.78. The second-order valence-corrected chi connectivity index (χ2v) is 1.82. The lowest BCUT2D eigenvalue weighted by Crippen LogP contribution is -2.20. The number of aromatic nitrogens is 3. The zero-order chi connectivity index (χ0) is 8.10. The van der Waals surface area contributed by atoms with Crippen LogP contribution in [0.25, 0.3) is 5.65 Å². The van der Waals surface area contributed by atoms with Crippen molar-refractivity contribution in [3.8, 4) is 0 Å². The molecule has 0 aliphatic heterocycles. The highest BCUT2D eigenvalue weighted by Gasteiger charge is 1.98. The van der Waals surface area contributed by atoms with Crippen LogP contribution in [-0.4, -0.2) is 10.1 Å². The number of rotatable bonds is 0. The van der Waals surface area contributed by atoms with E-state index in [1.54, 1.807) is 6.33 Å². The molecule has 3 heteroatoms. The molecule has 0 aromatic carbocycles. The van der Waals surface area contributed by atoms with E-state index in [4.69, 9.17) is 0 Å². The summed E-state index contributed by atoms with van der Waals surface area (Å²) in [5.74, 6) is 0. The van der Waals surface area contributed by atoms with Gasteiger partial charge < -0.3 is 0 Å². The highest BCUT2D eigenvalue weighted by Crippen LogP contribution is 1.85. The molecule has 3 nitrogen and oxygen atoms in total. The molecule has 2 rings (SSSR count). The van der Waals surface area contributed by atoms with Gasteiger partial charge in [0.15, 0.2) is 0 Å². The number of nitrogens with one attached hydrogen (secondary N) is 1. The second kappa shape index (κ2) is 3.71. The molecule has 2 aromatic rings. The third-order valence-electron chi connectivity index (χ3n) is 1.23. The minimum atomic E-state index is 0.942. The Hall–Kier alpha value is -1.38. The number of nitrogens with zero attached hydrogens (tertiary/aromatic N) is 2. The van der Waals surface area contributed by atoms with Crippen molar-refractivity contribution in [2.45, 2.75) is 13.8 Å². The summed E-state index contributed by atoms with van der Waals surface area (Å²) < 4.78 is 1.85. The van der Waals surface area contributed by atoms with Gasteiger partial charge in [-0.3, -0.25) is 0 Å². The van der Waals surface area contributed by atoms with Gasteiger partial charge in [-0.15, -0.1) is 4.52 Å². The van der Waals surface area contributed by atoms with Crippen LogP contribution >= 0.6 is 0 Å². The van der Waals surface area contributed by atoms with Gasteiger partial charge in [-0.2, -0.15) is 5.10 Å². The largest absolute Gasteiger partial charge is 0.348 e. The van der Waals surface area contributed by atoms with Crippen LogP contribution in [0.3, 0.4) is 0 Å². The lowest BCUT2D eigenvalue weighted by molar-refractivity contribution is -0.577. The van der Waals surface area contributed by atoms with Crippen molar-refractivity contribution in [1.82, 2.24) is 10.1 Å². The average molecular weight is 150 g/mol. The summed E-state index contributed by atoms with van der Waals surface area (Å²) in [6.07, 6.45) is 3.58. The number of fused-ring (bicyclic) bond motifs is 1. The molecule has 11 heavy (non-hydrogen) atoms. The molecule has 0 amide bonds. The normalized spacial score (nSPS) is 8.91. The van der Waals surface area contributed by atoms with Crippen LogP contribution in [0.4, 0.5) is 0 Å². The standard InChI is InChI=1S/C6H5N3.C2H6/c1-2-4-9-6(3-1)7-5-8-9;1-2/h1-5H;1-2H3/p+1. The summed E-state index contributed by atoms with van der Waals surface area (Å²) in [5.41, 5.74) is 0.942. The Balaban J connectivity index is 0.000000281. The Kier molecular flexibility index (Phi) is 2.60. The zero-order valence-electron chi connectivity index (χ0n) is 6.78. The van der Waals surface area contributed by atoms with Gasteiger partial charge in [0, 0.05) is 6.07 Å². The van der Waals surface area contributed by atoms with E-state index >= 15 is 0 Å². The monoisotopic (exact) mass is 150 g/mol. The summed E-state index contributed by atoms with van der Waals surface area (Å²) in [6, 6.07) is 5.85. The number of hydrogen-bond acceptors (Lipinski definition) is 1. The fourth-order valence-electron chi connectivity index (χ4n) is 0.806. The Bertz CT molecular complexity index is 283. The Morgan fingerprint density at radius 2 is 2.18 bits per heavy atom. The van der Waals surface area contributed by atoms with Crippen LogP contribution in [0.5, 0.6) is 0 Å². The molecule has 0 atom stereocenters. The van der Waals surface area contributed by atoms with E-state index in [1.807, 2.05) is 42.8 Å². The molecule has 2 aromatic heterocycles. The highest BCUT2D eigenvalue weighted by molar-refractivity contribution is 5.25. The Morgan fingerprint density at radius 3 is 2.91 bits per heavy atom. The quantitative estimate of drug-likeness (QED) is 0.562. The molecule has 0 fully saturated rings. The molecule has 0 radical (unpaired) electrons. The molecule has 58 valence electrons. The van der Waals surface area contributed by atoms with E-state index in [1.165, 1.54) is 0 Å². The van der Waals surface area contributed by atoms with Crippen LogP contribution in [0.15, 0.2) is 30.7 Å². The van der Waals surface area contributed by atoms with Gasteiger partial charge in [0.25, 0.3) is 0 Å². The average Bonchev–Trinajstić information content (AvgIpc) is 2.55. The van der Waals surface area contributed by atoms with E-state index in [0.717, 1.165) is 5.65 Å². The van der Waals surface area contributed by atoms with Crippen molar-refractivity contribution in [2.75, 3.05) is 0 Å². The molecule has 0 saturated heterocycles. The lowest BCUT2D eigenvalue weighted by Gasteiger charge is -1.76. The SMILES string of the molecule is CC.c1cc[n+]2[nH]cnc2c1. The predicted molar refractivity (Wildman–Crippen MR) is 43.1 cm³/mol. The molecule has 0 bridgehead atoms. The van der Waals surface area contributed by atoms with Gasteiger partial charge in [-0.05, 0) is 11.1 Å². The topological polar surface area (TPSA) is 32.8 Å². The van der Waals surface area contributed by atoms with Crippen LogP contribution in [0, 0.1) is 0 Å². The van der Waals surface area contributed by atoms with Crippen molar-refractivity contribution in [3.63, 3.8) is 0 Å². The first kappa shape index (κ1) is 7.72. The summed E-state index contributed by atoms with van der Waals surface area (Å²) in [7, 11) is 0. The maximum atomic E-state index is 4.03. The molecule has 2 heterocycles. The first-order chi connectivity index (χ1) is 5.47. The molecule has 0 aliphatic rings. The minimum Gasteiger partial charge on any atom is -0.189 e. The Morgan fingerprint density at radius 1 is 1.36 bits per heavy atom. The molecule has 0 saturated carbocycles. The van der Waals surface area contributed by atoms with Crippen molar-refractivity contribution >= 4 is 5.65 Å². The number of hydrogen-bond donors (Lipinski definition) is 1. The predicted octanol–water partition coefficient (Wildman–Crippen LogP) is 1.17. The maximum Gasteiger partial charge on any atom is 0.348 e. The van der Waals surface area contributed by atoms with Gasteiger partial charge >= 0.3 is 5.65 Å². The fraction of sp³-hybridized carbons (Fsp3) is 0.250. The first-order valence-corrected chi connectivity index (χ1v) is 3.76. The van der Waals surface area contributed by atoms with Gasteiger partial charge in [-0.25, -0.2) is 0 Å².